The highest BCUT2D eigenvalue weighted by Crippen LogP contribution is 2.36. The first-order valence-corrected chi connectivity index (χ1v) is 6.14. The van der Waals surface area contributed by atoms with Crippen molar-refractivity contribution < 1.29 is 0 Å². The molecule has 0 amide bonds. The Hall–Kier alpha value is -0.240. The highest BCUT2D eigenvalue weighted by atomic mass is 35.5. The zero-order chi connectivity index (χ0) is 10.8. The predicted molar refractivity (Wildman–Crippen MR) is 65.6 cm³/mol. The van der Waals surface area contributed by atoms with E-state index in [0.29, 0.717) is 5.92 Å². The van der Waals surface area contributed by atoms with Gasteiger partial charge in [0.05, 0.1) is 0 Å². The first kappa shape index (κ1) is 11.3. The fourth-order valence-corrected chi connectivity index (χ4v) is 2.78. The summed E-state index contributed by atoms with van der Waals surface area (Å²) in [6, 6.07) is 5.87. The lowest BCUT2D eigenvalue weighted by Gasteiger charge is -2.29. The highest BCUT2D eigenvalue weighted by Gasteiger charge is 2.25. The van der Waals surface area contributed by atoms with Crippen molar-refractivity contribution in [3.63, 3.8) is 0 Å². The summed E-state index contributed by atoms with van der Waals surface area (Å²) in [5.74, 6) is 0.380. The molecule has 1 fully saturated rings. The third kappa shape index (κ3) is 2.47. The maximum atomic E-state index is 6.18. The van der Waals surface area contributed by atoms with Crippen molar-refractivity contribution in [1.82, 2.24) is 0 Å². The maximum absolute atomic E-state index is 6.18. The summed E-state index contributed by atoms with van der Waals surface area (Å²) in [5, 5.41) is 1.54. The molecule has 0 spiro atoms. The van der Waals surface area contributed by atoms with Crippen LogP contribution in [0.2, 0.25) is 10.0 Å². The topological polar surface area (TPSA) is 26.0 Å². The van der Waals surface area contributed by atoms with Crippen LogP contribution in [0, 0.1) is 0 Å². The number of benzene rings is 1. The number of rotatable bonds is 1. The van der Waals surface area contributed by atoms with Crippen molar-refractivity contribution in [2.45, 2.75) is 37.6 Å². The lowest BCUT2D eigenvalue weighted by atomic mass is 9.80. The summed E-state index contributed by atoms with van der Waals surface area (Å²) >= 11 is 12.2. The van der Waals surface area contributed by atoms with E-state index in [4.69, 9.17) is 28.9 Å². The van der Waals surface area contributed by atoms with Crippen molar-refractivity contribution in [3.05, 3.63) is 33.8 Å². The zero-order valence-corrected chi connectivity index (χ0v) is 10.1. The van der Waals surface area contributed by atoms with Crippen LogP contribution < -0.4 is 5.73 Å². The molecule has 0 aromatic heterocycles. The first-order chi connectivity index (χ1) is 7.18. The number of nitrogens with two attached hydrogens (primary N) is 1. The van der Waals surface area contributed by atoms with Gasteiger partial charge < -0.3 is 5.73 Å². The van der Waals surface area contributed by atoms with Gasteiger partial charge in [0, 0.05) is 22.0 Å². The molecule has 1 aliphatic rings. The van der Waals surface area contributed by atoms with Crippen LogP contribution in [0.4, 0.5) is 0 Å². The van der Waals surface area contributed by atoms with Crippen LogP contribution in [0.3, 0.4) is 0 Å². The van der Waals surface area contributed by atoms with Gasteiger partial charge >= 0.3 is 0 Å². The minimum Gasteiger partial charge on any atom is -0.327 e. The van der Waals surface area contributed by atoms with Crippen LogP contribution >= 0.6 is 23.2 Å². The van der Waals surface area contributed by atoms with Gasteiger partial charge in [-0.05, 0) is 36.6 Å². The van der Waals surface area contributed by atoms with Gasteiger partial charge in [-0.1, -0.05) is 36.0 Å². The summed E-state index contributed by atoms with van der Waals surface area (Å²) in [5.41, 5.74) is 7.25. The largest absolute Gasteiger partial charge is 0.327 e. The Bertz CT molecular complexity index is 351. The van der Waals surface area contributed by atoms with Gasteiger partial charge in [0.1, 0.15) is 0 Å². The van der Waals surface area contributed by atoms with E-state index in [0.717, 1.165) is 28.5 Å². The van der Waals surface area contributed by atoms with E-state index in [1.165, 1.54) is 12.8 Å². The highest BCUT2D eigenvalue weighted by molar-refractivity contribution is 6.33. The van der Waals surface area contributed by atoms with Gasteiger partial charge in [-0.3, -0.25) is 0 Å². The molecule has 1 saturated carbocycles. The lowest BCUT2D eigenvalue weighted by Crippen LogP contribution is -2.31. The minimum absolute atomic E-state index is 0.231. The molecule has 2 atom stereocenters. The Morgan fingerprint density at radius 1 is 1.13 bits per heavy atom. The van der Waals surface area contributed by atoms with E-state index in [1.807, 2.05) is 18.2 Å². The number of halogens is 2. The van der Waals surface area contributed by atoms with Crippen molar-refractivity contribution in [2.24, 2.45) is 5.73 Å². The predicted octanol–water partition coefficient (Wildman–Crippen LogP) is 3.98. The van der Waals surface area contributed by atoms with Gasteiger partial charge in [-0.15, -0.1) is 0 Å². The van der Waals surface area contributed by atoms with E-state index in [9.17, 15) is 0 Å². The van der Waals surface area contributed by atoms with Crippen LogP contribution in [-0.2, 0) is 0 Å². The van der Waals surface area contributed by atoms with Gasteiger partial charge in [0.15, 0.2) is 0 Å². The second kappa shape index (κ2) is 4.73. The monoisotopic (exact) mass is 243 g/mol. The molecule has 0 bridgehead atoms. The van der Waals surface area contributed by atoms with Crippen LogP contribution in [0.1, 0.15) is 37.2 Å². The van der Waals surface area contributed by atoms with E-state index in [2.05, 4.69) is 0 Å². The van der Waals surface area contributed by atoms with Gasteiger partial charge in [0.25, 0.3) is 0 Å². The lowest BCUT2D eigenvalue weighted by molar-refractivity contribution is 0.385. The summed E-state index contributed by atoms with van der Waals surface area (Å²) in [4.78, 5) is 0. The molecule has 0 radical (unpaired) electrons. The molecule has 1 aromatic rings. The average Bonchev–Trinajstić information content (AvgIpc) is 2.23. The van der Waals surface area contributed by atoms with Crippen molar-refractivity contribution >= 4 is 23.2 Å². The molecule has 15 heavy (non-hydrogen) atoms. The molecule has 1 nitrogen and oxygen atoms in total. The molecule has 0 aliphatic heterocycles. The maximum Gasteiger partial charge on any atom is 0.0442 e. The van der Waals surface area contributed by atoms with E-state index < -0.39 is 0 Å². The molecular formula is C12H15Cl2N. The minimum atomic E-state index is 0.231. The van der Waals surface area contributed by atoms with Crippen molar-refractivity contribution in [3.8, 4) is 0 Å². The standard InChI is InChI=1S/C12H15Cl2N/c13-8-5-6-11(14)10(7-8)9-3-1-2-4-12(9)15/h5-7,9,12H,1-4,15H2/t9-,12+/m0/s1. The molecule has 82 valence electrons. The molecule has 0 saturated heterocycles. The van der Waals surface area contributed by atoms with Gasteiger partial charge in [0.2, 0.25) is 0 Å². The summed E-state index contributed by atoms with van der Waals surface area (Å²) in [6.45, 7) is 0. The van der Waals surface area contributed by atoms with Crippen molar-refractivity contribution in [1.29, 1.82) is 0 Å². The van der Waals surface area contributed by atoms with Crippen LogP contribution in [0.15, 0.2) is 18.2 Å². The third-order valence-corrected chi connectivity index (χ3v) is 3.76. The van der Waals surface area contributed by atoms with Crippen molar-refractivity contribution in [2.75, 3.05) is 0 Å². The Morgan fingerprint density at radius 2 is 1.87 bits per heavy atom. The Balaban J connectivity index is 2.30. The molecule has 1 aliphatic carbocycles. The normalized spacial score (nSPS) is 26.6. The fraction of sp³-hybridized carbons (Fsp3) is 0.500. The number of hydrogen-bond acceptors (Lipinski definition) is 1. The van der Waals surface area contributed by atoms with E-state index in [1.54, 1.807) is 0 Å². The average molecular weight is 244 g/mol. The summed E-state index contributed by atoms with van der Waals surface area (Å²) in [7, 11) is 0. The third-order valence-electron chi connectivity index (χ3n) is 3.18. The number of hydrogen-bond donors (Lipinski definition) is 1. The van der Waals surface area contributed by atoms with Crippen LogP contribution in [-0.4, -0.2) is 6.04 Å². The molecular weight excluding hydrogens is 229 g/mol. The summed E-state index contributed by atoms with van der Waals surface area (Å²) < 4.78 is 0. The molecule has 2 N–H and O–H groups in total. The van der Waals surface area contributed by atoms with Gasteiger partial charge in [-0.25, -0.2) is 0 Å². The Labute approximate surface area is 101 Å². The van der Waals surface area contributed by atoms with Crippen LogP contribution in [0.5, 0.6) is 0 Å². The molecule has 0 unspecified atom stereocenters. The second-order valence-corrected chi connectivity index (χ2v) is 5.06. The molecule has 1 aromatic carbocycles. The fourth-order valence-electron chi connectivity index (χ4n) is 2.34. The first-order valence-electron chi connectivity index (χ1n) is 5.39. The molecule has 3 heteroatoms. The Morgan fingerprint density at radius 3 is 2.60 bits per heavy atom. The SMILES string of the molecule is N[C@@H]1CCCC[C@H]1c1cc(Cl)ccc1Cl. The molecule has 0 heterocycles. The zero-order valence-electron chi connectivity index (χ0n) is 8.55. The van der Waals surface area contributed by atoms with Crippen LogP contribution in [0.25, 0.3) is 0 Å². The Kier molecular flexibility index (Phi) is 3.55. The molecule has 2 rings (SSSR count). The summed E-state index contributed by atoms with van der Waals surface area (Å²) in [6.07, 6.45) is 4.69. The smallest absolute Gasteiger partial charge is 0.0442 e. The van der Waals surface area contributed by atoms with E-state index in [-0.39, 0.29) is 6.04 Å². The van der Waals surface area contributed by atoms with E-state index >= 15 is 0 Å². The second-order valence-electron chi connectivity index (χ2n) is 4.22. The quantitative estimate of drug-likeness (QED) is 0.794. The van der Waals surface area contributed by atoms with Gasteiger partial charge in [-0.2, -0.15) is 0 Å².